The van der Waals surface area contributed by atoms with E-state index in [2.05, 4.69) is 4.98 Å². The van der Waals surface area contributed by atoms with Crippen LogP contribution in [0.1, 0.15) is 5.56 Å². The molecule has 2 aromatic rings. The van der Waals surface area contributed by atoms with Crippen LogP contribution in [0.2, 0.25) is 0 Å². The number of para-hydroxylation sites is 1. The van der Waals surface area contributed by atoms with E-state index < -0.39 is 0 Å². The zero-order valence-electron chi connectivity index (χ0n) is 7.53. The van der Waals surface area contributed by atoms with Gasteiger partial charge in [-0.05, 0) is 29.8 Å². The Balaban J connectivity index is 2.77. The highest BCUT2D eigenvalue weighted by atomic mass is 16.1. The third-order valence-electron chi connectivity index (χ3n) is 2.06. The lowest BCUT2D eigenvalue weighted by molar-refractivity contribution is 1.29. The van der Waals surface area contributed by atoms with Crippen molar-refractivity contribution in [1.82, 2.24) is 4.98 Å². The number of fused-ring (bicyclic) bond motifs is 1. The summed E-state index contributed by atoms with van der Waals surface area (Å²) < 4.78 is 0. The quantitative estimate of drug-likeness (QED) is 0.708. The van der Waals surface area contributed by atoms with Gasteiger partial charge in [-0.2, -0.15) is 0 Å². The molecule has 0 spiro atoms. The van der Waals surface area contributed by atoms with Crippen LogP contribution in [0, 0.1) is 0 Å². The van der Waals surface area contributed by atoms with Crippen LogP contribution in [0.25, 0.3) is 17.0 Å². The minimum atomic E-state index is -0.120. The van der Waals surface area contributed by atoms with Gasteiger partial charge in [0.25, 0.3) is 5.56 Å². The van der Waals surface area contributed by atoms with E-state index in [-0.39, 0.29) is 5.56 Å². The zero-order valence-corrected chi connectivity index (χ0v) is 7.53. The average Bonchev–Trinajstić information content (AvgIpc) is 2.19. The maximum atomic E-state index is 11.5. The van der Waals surface area contributed by atoms with Gasteiger partial charge in [-0.15, -0.1) is 0 Å². The molecule has 1 aromatic heterocycles. The number of hydrogen-bond acceptors (Lipinski definition) is 2. The summed E-state index contributed by atoms with van der Waals surface area (Å²) in [5, 5.41) is 1.00. The smallest absolute Gasteiger partial charge is 0.255 e. The molecular formula is C11H10N2O. The van der Waals surface area contributed by atoms with Gasteiger partial charge in [0.1, 0.15) is 0 Å². The molecule has 0 aliphatic carbocycles. The van der Waals surface area contributed by atoms with Crippen molar-refractivity contribution < 1.29 is 0 Å². The van der Waals surface area contributed by atoms with E-state index in [1.807, 2.05) is 30.3 Å². The van der Waals surface area contributed by atoms with E-state index in [1.165, 1.54) is 6.20 Å². The van der Waals surface area contributed by atoms with Crippen molar-refractivity contribution >= 4 is 17.0 Å². The Kier molecular flexibility index (Phi) is 2.07. The fourth-order valence-corrected chi connectivity index (χ4v) is 1.39. The number of rotatable bonds is 1. The maximum Gasteiger partial charge on any atom is 0.255 e. The van der Waals surface area contributed by atoms with Gasteiger partial charge in [0.2, 0.25) is 0 Å². The summed E-state index contributed by atoms with van der Waals surface area (Å²) >= 11 is 0. The molecule has 0 saturated carbocycles. The second-order valence-electron chi connectivity index (χ2n) is 3.00. The molecule has 70 valence electrons. The van der Waals surface area contributed by atoms with Crippen molar-refractivity contribution in [2.75, 3.05) is 0 Å². The van der Waals surface area contributed by atoms with Gasteiger partial charge in [-0.3, -0.25) is 4.79 Å². The summed E-state index contributed by atoms with van der Waals surface area (Å²) in [6.07, 6.45) is 2.95. The third kappa shape index (κ3) is 1.40. The molecule has 0 unspecified atom stereocenters. The van der Waals surface area contributed by atoms with Crippen molar-refractivity contribution in [3.63, 3.8) is 0 Å². The standard InChI is InChI=1S/C11H10N2O/c12-6-5-9-7-8-3-1-2-4-10(8)13-11(9)14/h1-7H,12H2,(H,13,14). The number of nitrogens with one attached hydrogen (secondary N) is 1. The predicted molar refractivity (Wildman–Crippen MR) is 57.8 cm³/mol. The molecule has 2 rings (SSSR count). The molecule has 1 heterocycles. The molecule has 3 nitrogen and oxygen atoms in total. The summed E-state index contributed by atoms with van der Waals surface area (Å²) in [4.78, 5) is 14.2. The van der Waals surface area contributed by atoms with E-state index in [1.54, 1.807) is 6.08 Å². The second-order valence-corrected chi connectivity index (χ2v) is 3.00. The molecule has 0 radical (unpaired) electrons. The van der Waals surface area contributed by atoms with Gasteiger partial charge < -0.3 is 10.7 Å². The second kappa shape index (κ2) is 3.38. The Hall–Kier alpha value is -2.03. The van der Waals surface area contributed by atoms with Crippen LogP contribution in [0.4, 0.5) is 0 Å². The van der Waals surface area contributed by atoms with E-state index in [4.69, 9.17) is 5.73 Å². The zero-order chi connectivity index (χ0) is 9.97. The maximum absolute atomic E-state index is 11.5. The molecule has 0 bridgehead atoms. The van der Waals surface area contributed by atoms with Gasteiger partial charge in [0.15, 0.2) is 0 Å². The first kappa shape index (κ1) is 8.56. The van der Waals surface area contributed by atoms with Gasteiger partial charge in [-0.25, -0.2) is 0 Å². The van der Waals surface area contributed by atoms with Crippen LogP contribution in [-0.4, -0.2) is 4.98 Å². The number of aromatic amines is 1. The van der Waals surface area contributed by atoms with Crippen LogP contribution in [-0.2, 0) is 0 Å². The molecule has 0 aliphatic rings. The van der Waals surface area contributed by atoms with Gasteiger partial charge in [0.05, 0.1) is 0 Å². The number of benzene rings is 1. The average molecular weight is 186 g/mol. The molecule has 0 fully saturated rings. The number of pyridine rings is 1. The molecular weight excluding hydrogens is 176 g/mol. The Bertz CT molecular complexity index is 540. The van der Waals surface area contributed by atoms with E-state index in [0.717, 1.165) is 10.9 Å². The molecule has 0 amide bonds. The molecule has 0 atom stereocenters. The summed E-state index contributed by atoms with van der Waals surface area (Å²) in [6, 6.07) is 9.44. The van der Waals surface area contributed by atoms with Crippen LogP contribution < -0.4 is 11.3 Å². The highest BCUT2D eigenvalue weighted by Gasteiger charge is 1.97. The van der Waals surface area contributed by atoms with Gasteiger partial charge in [0, 0.05) is 11.1 Å². The lowest BCUT2D eigenvalue weighted by atomic mass is 10.1. The SMILES string of the molecule is NC=Cc1cc2ccccc2[nH]c1=O. The van der Waals surface area contributed by atoms with Crippen LogP contribution in [0.3, 0.4) is 0 Å². The van der Waals surface area contributed by atoms with Crippen molar-refractivity contribution in [1.29, 1.82) is 0 Å². The summed E-state index contributed by atoms with van der Waals surface area (Å²) in [5.41, 5.74) is 6.53. The Morgan fingerprint density at radius 1 is 1.29 bits per heavy atom. The van der Waals surface area contributed by atoms with Crippen molar-refractivity contribution in [3.05, 3.63) is 52.4 Å². The van der Waals surface area contributed by atoms with Crippen molar-refractivity contribution in [3.8, 4) is 0 Å². The fraction of sp³-hybridized carbons (Fsp3) is 0. The first-order valence-electron chi connectivity index (χ1n) is 4.31. The van der Waals surface area contributed by atoms with Crippen LogP contribution >= 0.6 is 0 Å². The number of aromatic nitrogens is 1. The predicted octanol–water partition coefficient (Wildman–Crippen LogP) is 1.46. The highest BCUT2D eigenvalue weighted by Crippen LogP contribution is 2.10. The van der Waals surface area contributed by atoms with Crippen molar-refractivity contribution in [2.45, 2.75) is 0 Å². The molecule has 1 aromatic carbocycles. The summed E-state index contributed by atoms with van der Waals surface area (Å²) in [7, 11) is 0. The first-order chi connectivity index (χ1) is 6.81. The lowest BCUT2D eigenvalue weighted by Gasteiger charge is -1.98. The number of nitrogens with two attached hydrogens (primary N) is 1. The Morgan fingerprint density at radius 2 is 2.07 bits per heavy atom. The molecule has 0 saturated heterocycles. The minimum Gasteiger partial charge on any atom is -0.405 e. The lowest BCUT2D eigenvalue weighted by Crippen LogP contribution is -2.08. The third-order valence-corrected chi connectivity index (χ3v) is 2.06. The van der Waals surface area contributed by atoms with Crippen molar-refractivity contribution in [2.24, 2.45) is 5.73 Å². The fourth-order valence-electron chi connectivity index (χ4n) is 1.39. The largest absolute Gasteiger partial charge is 0.405 e. The highest BCUT2D eigenvalue weighted by molar-refractivity contribution is 5.80. The number of H-pyrrole nitrogens is 1. The Labute approximate surface area is 80.9 Å². The van der Waals surface area contributed by atoms with Crippen LogP contribution in [0.5, 0.6) is 0 Å². The Morgan fingerprint density at radius 3 is 2.86 bits per heavy atom. The van der Waals surface area contributed by atoms with E-state index >= 15 is 0 Å². The molecule has 3 N–H and O–H groups in total. The normalized spacial score (nSPS) is 11.1. The van der Waals surface area contributed by atoms with Gasteiger partial charge >= 0.3 is 0 Å². The van der Waals surface area contributed by atoms with Crippen LogP contribution in [0.15, 0.2) is 41.3 Å². The van der Waals surface area contributed by atoms with Gasteiger partial charge in [-0.1, -0.05) is 18.2 Å². The topological polar surface area (TPSA) is 58.9 Å². The van der Waals surface area contributed by atoms with E-state index in [0.29, 0.717) is 5.56 Å². The number of hydrogen-bond donors (Lipinski definition) is 2. The minimum absolute atomic E-state index is 0.120. The molecule has 3 heteroatoms. The first-order valence-corrected chi connectivity index (χ1v) is 4.31. The summed E-state index contributed by atoms with van der Waals surface area (Å²) in [6.45, 7) is 0. The molecule has 0 aliphatic heterocycles. The molecule has 14 heavy (non-hydrogen) atoms. The monoisotopic (exact) mass is 186 g/mol. The van der Waals surface area contributed by atoms with E-state index in [9.17, 15) is 4.79 Å². The summed E-state index contributed by atoms with van der Waals surface area (Å²) in [5.74, 6) is 0.